The second-order valence-corrected chi connectivity index (χ2v) is 4.92. The van der Waals surface area contributed by atoms with Gasteiger partial charge < -0.3 is 14.8 Å². The van der Waals surface area contributed by atoms with Gasteiger partial charge in [0.05, 0.1) is 13.2 Å². The van der Waals surface area contributed by atoms with E-state index in [1.165, 1.54) is 11.1 Å². The highest BCUT2D eigenvalue weighted by molar-refractivity contribution is 5.30. The summed E-state index contributed by atoms with van der Waals surface area (Å²) in [6.07, 6.45) is 1.05. The van der Waals surface area contributed by atoms with Crippen LogP contribution in [0, 0.1) is 0 Å². The van der Waals surface area contributed by atoms with Crippen LogP contribution in [0.3, 0.4) is 0 Å². The van der Waals surface area contributed by atoms with Crippen molar-refractivity contribution in [3.63, 3.8) is 0 Å². The van der Waals surface area contributed by atoms with Crippen molar-refractivity contribution < 1.29 is 9.47 Å². The summed E-state index contributed by atoms with van der Waals surface area (Å²) in [5.74, 6) is 1.77. The lowest BCUT2D eigenvalue weighted by molar-refractivity contribution is 0.273. The van der Waals surface area contributed by atoms with Crippen molar-refractivity contribution >= 4 is 0 Å². The van der Waals surface area contributed by atoms with E-state index < -0.39 is 0 Å². The molecule has 21 heavy (non-hydrogen) atoms. The maximum atomic E-state index is 5.88. The van der Waals surface area contributed by atoms with Crippen LogP contribution in [-0.2, 0) is 6.42 Å². The largest absolute Gasteiger partial charge is 0.497 e. The molecular formula is C18H23NO2. The number of benzene rings is 2. The molecule has 2 aromatic rings. The fourth-order valence-corrected chi connectivity index (χ4v) is 2.18. The molecule has 3 nitrogen and oxygen atoms in total. The van der Waals surface area contributed by atoms with Crippen LogP contribution in [0.4, 0.5) is 0 Å². The van der Waals surface area contributed by atoms with Gasteiger partial charge in [0.15, 0.2) is 0 Å². The highest BCUT2D eigenvalue weighted by atomic mass is 16.5. The standard InChI is InChI=1S/C18H23NO2/c1-4-14-5-9-17(10-6-14)21-13-18(19-2)15-7-11-16(20-3)12-8-15/h5-12,18-19H,4,13H2,1-3H3. The summed E-state index contributed by atoms with van der Waals surface area (Å²) < 4.78 is 11.1. The Hall–Kier alpha value is -2.00. The van der Waals surface area contributed by atoms with Crippen molar-refractivity contribution in [2.24, 2.45) is 0 Å². The zero-order chi connectivity index (χ0) is 15.1. The number of hydrogen-bond acceptors (Lipinski definition) is 3. The molecule has 0 saturated heterocycles. The summed E-state index contributed by atoms with van der Waals surface area (Å²) >= 11 is 0. The summed E-state index contributed by atoms with van der Waals surface area (Å²) in [5, 5.41) is 3.28. The monoisotopic (exact) mass is 285 g/mol. The lowest BCUT2D eigenvalue weighted by Crippen LogP contribution is -2.23. The van der Waals surface area contributed by atoms with Gasteiger partial charge in [0.25, 0.3) is 0 Å². The van der Waals surface area contributed by atoms with Crippen LogP contribution in [-0.4, -0.2) is 20.8 Å². The first kappa shape index (κ1) is 15.4. The van der Waals surface area contributed by atoms with Crippen LogP contribution in [0.15, 0.2) is 48.5 Å². The number of aryl methyl sites for hydroxylation is 1. The van der Waals surface area contributed by atoms with Crippen LogP contribution in [0.2, 0.25) is 0 Å². The van der Waals surface area contributed by atoms with E-state index in [9.17, 15) is 0 Å². The van der Waals surface area contributed by atoms with Crippen LogP contribution in [0.5, 0.6) is 11.5 Å². The SMILES string of the molecule is CCc1ccc(OCC(NC)c2ccc(OC)cc2)cc1. The number of hydrogen-bond donors (Lipinski definition) is 1. The fraction of sp³-hybridized carbons (Fsp3) is 0.333. The Bertz CT molecular complexity index is 534. The fourth-order valence-electron chi connectivity index (χ4n) is 2.18. The molecule has 112 valence electrons. The third-order valence-corrected chi connectivity index (χ3v) is 3.61. The highest BCUT2D eigenvalue weighted by Crippen LogP contribution is 2.19. The van der Waals surface area contributed by atoms with E-state index in [4.69, 9.17) is 9.47 Å². The number of nitrogens with one attached hydrogen (secondary N) is 1. The zero-order valence-corrected chi connectivity index (χ0v) is 12.9. The molecule has 2 rings (SSSR count). The first-order valence-electron chi connectivity index (χ1n) is 7.29. The molecule has 0 saturated carbocycles. The van der Waals surface area contributed by atoms with Gasteiger partial charge in [-0.3, -0.25) is 0 Å². The van der Waals surface area contributed by atoms with E-state index in [-0.39, 0.29) is 6.04 Å². The molecule has 0 radical (unpaired) electrons. The van der Waals surface area contributed by atoms with Crippen LogP contribution < -0.4 is 14.8 Å². The molecule has 0 heterocycles. The minimum absolute atomic E-state index is 0.154. The molecule has 0 amide bonds. The smallest absolute Gasteiger partial charge is 0.119 e. The van der Waals surface area contributed by atoms with Gasteiger partial charge in [-0.1, -0.05) is 31.2 Å². The van der Waals surface area contributed by atoms with E-state index in [1.807, 2.05) is 31.3 Å². The maximum absolute atomic E-state index is 5.88. The lowest BCUT2D eigenvalue weighted by atomic mass is 10.1. The highest BCUT2D eigenvalue weighted by Gasteiger charge is 2.10. The second-order valence-electron chi connectivity index (χ2n) is 4.92. The van der Waals surface area contributed by atoms with Crippen molar-refractivity contribution in [2.75, 3.05) is 20.8 Å². The van der Waals surface area contributed by atoms with Gasteiger partial charge in [-0.05, 0) is 48.9 Å². The van der Waals surface area contributed by atoms with E-state index in [0.717, 1.165) is 17.9 Å². The number of ether oxygens (including phenoxy) is 2. The van der Waals surface area contributed by atoms with Gasteiger partial charge in [0.1, 0.15) is 18.1 Å². The molecule has 0 fully saturated rings. The van der Waals surface area contributed by atoms with Gasteiger partial charge in [-0.15, -0.1) is 0 Å². The van der Waals surface area contributed by atoms with E-state index >= 15 is 0 Å². The first-order chi connectivity index (χ1) is 10.3. The summed E-state index contributed by atoms with van der Waals surface area (Å²) in [4.78, 5) is 0. The molecule has 0 aliphatic carbocycles. The van der Waals surface area contributed by atoms with Gasteiger partial charge in [0.2, 0.25) is 0 Å². The lowest BCUT2D eigenvalue weighted by Gasteiger charge is -2.18. The van der Waals surface area contributed by atoms with Crippen LogP contribution >= 0.6 is 0 Å². The van der Waals surface area contributed by atoms with Crippen molar-refractivity contribution in [2.45, 2.75) is 19.4 Å². The van der Waals surface area contributed by atoms with Crippen molar-refractivity contribution in [3.05, 3.63) is 59.7 Å². The average Bonchev–Trinajstić information content (AvgIpc) is 2.56. The Kier molecular flexibility index (Phi) is 5.64. The van der Waals surface area contributed by atoms with E-state index in [2.05, 4.69) is 36.5 Å². The Morgan fingerprint density at radius 3 is 2.10 bits per heavy atom. The van der Waals surface area contributed by atoms with Crippen molar-refractivity contribution in [1.82, 2.24) is 5.32 Å². The predicted octanol–water partition coefficient (Wildman–Crippen LogP) is 3.60. The number of methoxy groups -OCH3 is 1. The van der Waals surface area contributed by atoms with Gasteiger partial charge in [-0.2, -0.15) is 0 Å². The molecule has 1 N–H and O–H groups in total. The first-order valence-corrected chi connectivity index (χ1v) is 7.29. The Morgan fingerprint density at radius 1 is 0.952 bits per heavy atom. The second kappa shape index (κ2) is 7.70. The molecule has 0 aliphatic rings. The van der Waals surface area contributed by atoms with Crippen molar-refractivity contribution in [1.29, 1.82) is 0 Å². The quantitative estimate of drug-likeness (QED) is 0.843. The van der Waals surface area contributed by atoms with E-state index in [0.29, 0.717) is 6.61 Å². The zero-order valence-electron chi connectivity index (χ0n) is 12.9. The Balaban J connectivity index is 1.97. The van der Waals surface area contributed by atoms with Crippen molar-refractivity contribution in [3.8, 4) is 11.5 Å². The topological polar surface area (TPSA) is 30.5 Å². The minimum atomic E-state index is 0.154. The minimum Gasteiger partial charge on any atom is -0.497 e. The molecular weight excluding hydrogens is 262 g/mol. The van der Waals surface area contributed by atoms with E-state index in [1.54, 1.807) is 7.11 Å². The molecule has 0 spiro atoms. The summed E-state index contributed by atoms with van der Waals surface area (Å²) in [7, 11) is 3.62. The third-order valence-electron chi connectivity index (χ3n) is 3.61. The Morgan fingerprint density at radius 2 is 1.57 bits per heavy atom. The number of rotatable bonds is 7. The Labute approximate surface area is 126 Å². The summed E-state index contributed by atoms with van der Waals surface area (Å²) in [6, 6.07) is 16.5. The van der Waals surface area contributed by atoms with Crippen LogP contribution in [0.25, 0.3) is 0 Å². The van der Waals surface area contributed by atoms with Gasteiger partial charge in [-0.25, -0.2) is 0 Å². The molecule has 3 heteroatoms. The maximum Gasteiger partial charge on any atom is 0.119 e. The average molecular weight is 285 g/mol. The summed E-state index contributed by atoms with van der Waals surface area (Å²) in [6.45, 7) is 2.74. The normalized spacial score (nSPS) is 12.0. The predicted molar refractivity (Wildman–Crippen MR) is 86.1 cm³/mol. The van der Waals surface area contributed by atoms with Gasteiger partial charge >= 0.3 is 0 Å². The summed E-state index contributed by atoms with van der Waals surface area (Å²) in [5.41, 5.74) is 2.51. The third kappa shape index (κ3) is 4.23. The molecule has 0 bridgehead atoms. The molecule has 0 aromatic heterocycles. The van der Waals surface area contributed by atoms with Crippen LogP contribution in [0.1, 0.15) is 24.1 Å². The molecule has 1 atom stereocenters. The molecule has 2 aromatic carbocycles. The van der Waals surface area contributed by atoms with Gasteiger partial charge in [0, 0.05) is 0 Å². The molecule has 0 aliphatic heterocycles. The number of likely N-dealkylation sites (N-methyl/N-ethyl adjacent to an activating group) is 1. The molecule has 1 unspecified atom stereocenters.